The summed E-state index contributed by atoms with van der Waals surface area (Å²) in [6, 6.07) is 9.91. The van der Waals surface area contributed by atoms with E-state index in [0.29, 0.717) is 13.2 Å². The van der Waals surface area contributed by atoms with Gasteiger partial charge in [-0.3, -0.25) is 0 Å². The molecule has 0 aliphatic heterocycles. The first-order valence-corrected chi connectivity index (χ1v) is 8.69. The maximum absolute atomic E-state index is 5.59. The molecule has 0 saturated carbocycles. The summed E-state index contributed by atoms with van der Waals surface area (Å²) < 4.78 is 11.2. The smallest absolute Gasteiger partial charge is 0.119 e. The number of rotatable bonds is 14. The zero-order valence-corrected chi connectivity index (χ0v) is 13.7. The van der Waals surface area contributed by atoms with Gasteiger partial charge in [-0.15, -0.1) is 0 Å². The Morgan fingerprint density at radius 1 is 0.667 bits per heavy atom. The normalized spacial score (nSPS) is 10.7. The zero-order chi connectivity index (χ0) is 15.0. The third-order valence-corrected chi connectivity index (χ3v) is 3.63. The number of unbranched alkanes of at least 4 members (excludes halogenated alkanes) is 8. The molecule has 0 aromatic heterocycles. The Kier molecular flexibility index (Phi) is 12.0. The monoisotopic (exact) mass is 292 g/mol. The van der Waals surface area contributed by atoms with Crippen LogP contribution < -0.4 is 4.74 Å². The van der Waals surface area contributed by atoms with Crippen molar-refractivity contribution in [3.8, 4) is 5.75 Å². The van der Waals surface area contributed by atoms with E-state index >= 15 is 0 Å². The highest BCUT2D eigenvalue weighted by Crippen LogP contribution is 2.10. The van der Waals surface area contributed by atoms with Gasteiger partial charge in [0.2, 0.25) is 0 Å². The average molecular weight is 292 g/mol. The van der Waals surface area contributed by atoms with E-state index in [0.717, 1.165) is 12.4 Å². The van der Waals surface area contributed by atoms with Crippen LogP contribution in [0.25, 0.3) is 0 Å². The standard InChI is InChI=1S/C19H32O2/c1-2-3-4-5-6-7-8-9-13-16-20-17-18-21-19-14-11-10-12-15-19/h10-12,14-15H,2-9,13,16-18H2,1H3. The second-order valence-corrected chi connectivity index (χ2v) is 5.60. The van der Waals surface area contributed by atoms with Gasteiger partial charge >= 0.3 is 0 Å². The second-order valence-electron chi connectivity index (χ2n) is 5.60. The number of hydrogen-bond acceptors (Lipinski definition) is 2. The van der Waals surface area contributed by atoms with Crippen LogP contribution in [0.1, 0.15) is 64.7 Å². The molecule has 2 nitrogen and oxygen atoms in total. The zero-order valence-electron chi connectivity index (χ0n) is 13.7. The average Bonchev–Trinajstić information content (AvgIpc) is 2.53. The Bertz CT molecular complexity index is 311. The minimum absolute atomic E-state index is 0.640. The molecule has 0 aliphatic carbocycles. The van der Waals surface area contributed by atoms with Crippen molar-refractivity contribution in [1.29, 1.82) is 0 Å². The second kappa shape index (κ2) is 13.9. The molecule has 120 valence electrons. The lowest BCUT2D eigenvalue weighted by molar-refractivity contribution is 0.0970. The highest BCUT2D eigenvalue weighted by atomic mass is 16.5. The summed E-state index contributed by atoms with van der Waals surface area (Å²) in [5, 5.41) is 0. The highest BCUT2D eigenvalue weighted by Gasteiger charge is 1.94. The SMILES string of the molecule is CCCCCCCCCCCOCCOc1ccccc1. The predicted octanol–water partition coefficient (Wildman–Crippen LogP) is 5.61. The van der Waals surface area contributed by atoms with Crippen LogP contribution in [-0.4, -0.2) is 19.8 Å². The van der Waals surface area contributed by atoms with Crippen LogP contribution in [0.2, 0.25) is 0 Å². The van der Waals surface area contributed by atoms with Gasteiger partial charge in [0.05, 0.1) is 6.61 Å². The van der Waals surface area contributed by atoms with Gasteiger partial charge in [-0.05, 0) is 18.6 Å². The molecule has 0 N–H and O–H groups in total. The fourth-order valence-electron chi connectivity index (χ4n) is 2.35. The summed E-state index contributed by atoms with van der Waals surface area (Å²) in [6.45, 7) is 4.46. The minimum Gasteiger partial charge on any atom is -0.491 e. The van der Waals surface area contributed by atoms with Crippen LogP contribution in [0.3, 0.4) is 0 Å². The van der Waals surface area contributed by atoms with Gasteiger partial charge in [0.1, 0.15) is 12.4 Å². The molecule has 0 saturated heterocycles. The molecule has 0 radical (unpaired) electrons. The Morgan fingerprint density at radius 3 is 1.95 bits per heavy atom. The molecule has 0 atom stereocenters. The van der Waals surface area contributed by atoms with E-state index < -0.39 is 0 Å². The van der Waals surface area contributed by atoms with Crippen molar-refractivity contribution in [2.75, 3.05) is 19.8 Å². The molecule has 21 heavy (non-hydrogen) atoms. The van der Waals surface area contributed by atoms with Crippen molar-refractivity contribution in [3.63, 3.8) is 0 Å². The van der Waals surface area contributed by atoms with E-state index in [9.17, 15) is 0 Å². The van der Waals surface area contributed by atoms with E-state index in [1.54, 1.807) is 0 Å². The first-order valence-electron chi connectivity index (χ1n) is 8.69. The summed E-state index contributed by atoms with van der Waals surface area (Å²) in [5.74, 6) is 0.921. The Hall–Kier alpha value is -1.02. The predicted molar refractivity (Wildman–Crippen MR) is 90.0 cm³/mol. The van der Waals surface area contributed by atoms with Gasteiger partial charge in [-0.1, -0.05) is 76.5 Å². The van der Waals surface area contributed by atoms with Crippen molar-refractivity contribution >= 4 is 0 Å². The first-order chi connectivity index (χ1) is 10.4. The Balaban J connectivity index is 1.75. The lowest BCUT2D eigenvalue weighted by Crippen LogP contribution is -2.07. The van der Waals surface area contributed by atoms with Crippen LogP contribution in [0, 0.1) is 0 Å². The lowest BCUT2D eigenvalue weighted by Gasteiger charge is -2.07. The molecule has 0 aliphatic rings. The molecule has 0 spiro atoms. The first kappa shape index (κ1) is 18.0. The molecule has 0 bridgehead atoms. The van der Waals surface area contributed by atoms with E-state index in [1.807, 2.05) is 30.3 Å². The fourth-order valence-corrected chi connectivity index (χ4v) is 2.35. The summed E-state index contributed by atoms with van der Waals surface area (Å²) in [5.41, 5.74) is 0. The number of ether oxygens (including phenoxy) is 2. The molecular weight excluding hydrogens is 260 g/mol. The minimum atomic E-state index is 0.640. The van der Waals surface area contributed by atoms with Gasteiger partial charge in [0.15, 0.2) is 0 Å². The van der Waals surface area contributed by atoms with Crippen LogP contribution in [0.15, 0.2) is 30.3 Å². The van der Waals surface area contributed by atoms with Gasteiger partial charge in [-0.2, -0.15) is 0 Å². The topological polar surface area (TPSA) is 18.5 Å². The molecule has 0 amide bonds. The molecule has 1 aromatic carbocycles. The third kappa shape index (κ3) is 11.3. The molecule has 1 rings (SSSR count). The fraction of sp³-hybridized carbons (Fsp3) is 0.684. The van der Waals surface area contributed by atoms with Crippen molar-refractivity contribution in [2.45, 2.75) is 64.7 Å². The van der Waals surface area contributed by atoms with Crippen molar-refractivity contribution in [2.24, 2.45) is 0 Å². The van der Waals surface area contributed by atoms with Crippen molar-refractivity contribution in [3.05, 3.63) is 30.3 Å². The highest BCUT2D eigenvalue weighted by molar-refractivity contribution is 5.20. The molecule has 2 heteroatoms. The van der Waals surface area contributed by atoms with E-state index in [4.69, 9.17) is 9.47 Å². The van der Waals surface area contributed by atoms with Crippen LogP contribution >= 0.6 is 0 Å². The van der Waals surface area contributed by atoms with E-state index in [1.165, 1.54) is 57.8 Å². The van der Waals surface area contributed by atoms with E-state index in [2.05, 4.69) is 6.92 Å². The maximum Gasteiger partial charge on any atom is 0.119 e. The summed E-state index contributed by atoms with van der Waals surface area (Å²) in [4.78, 5) is 0. The van der Waals surface area contributed by atoms with Gasteiger partial charge < -0.3 is 9.47 Å². The Morgan fingerprint density at radius 2 is 1.29 bits per heavy atom. The summed E-state index contributed by atoms with van der Waals surface area (Å²) in [6.07, 6.45) is 12.2. The van der Waals surface area contributed by atoms with Crippen LogP contribution in [-0.2, 0) is 4.74 Å². The van der Waals surface area contributed by atoms with Gasteiger partial charge in [0.25, 0.3) is 0 Å². The Labute approximate surface area is 130 Å². The number of benzene rings is 1. The lowest BCUT2D eigenvalue weighted by atomic mass is 10.1. The molecule has 1 aromatic rings. The van der Waals surface area contributed by atoms with Crippen LogP contribution in [0.4, 0.5) is 0 Å². The largest absolute Gasteiger partial charge is 0.491 e. The maximum atomic E-state index is 5.59. The van der Waals surface area contributed by atoms with Crippen LogP contribution in [0.5, 0.6) is 5.75 Å². The molecule has 0 heterocycles. The molecule has 0 unspecified atom stereocenters. The van der Waals surface area contributed by atoms with Gasteiger partial charge in [-0.25, -0.2) is 0 Å². The van der Waals surface area contributed by atoms with E-state index in [-0.39, 0.29) is 0 Å². The molecular formula is C19H32O2. The summed E-state index contributed by atoms with van der Waals surface area (Å²) in [7, 11) is 0. The van der Waals surface area contributed by atoms with Crippen molar-refractivity contribution < 1.29 is 9.47 Å². The summed E-state index contributed by atoms with van der Waals surface area (Å²) >= 11 is 0. The van der Waals surface area contributed by atoms with Crippen molar-refractivity contribution in [1.82, 2.24) is 0 Å². The quantitative estimate of drug-likeness (QED) is 0.415. The number of hydrogen-bond donors (Lipinski definition) is 0. The molecule has 0 fully saturated rings. The van der Waals surface area contributed by atoms with Gasteiger partial charge in [0, 0.05) is 6.61 Å². The third-order valence-electron chi connectivity index (χ3n) is 3.63. The number of para-hydroxylation sites is 1.